The maximum Gasteiger partial charge on any atom is 0.123 e. The number of rotatable bonds is 2. The third kappa shape index (κ3) is 2.02. The molecule has 0 saturated carbocycles. The fraction of sp³-hybridized carbons (Fsp3) is 0.250. The van der Waals surface area contributed by atoms with Crippen molar-refractivity contribution in [3.8, 4) is 10.6 Å². The number of nitrogens with one attached hydrogen (secondary N) is 1. The van der Waals surface area contributed by atoms with E-state index < -0.39 is 0 Å². The van der Waals surface area contributed by atoms with Crippen molar-refractivity contribution in [3.05, 3.63) is 34.8 Å². The van der Waals surface area contributed by atoms with Crippen LogP contribution in [-0.2, 0) is 0 Å². The van der Waals surface area contributed by atoms with Crippen molar-refractivity contribution in [2.45, 2.75) is 13.8 Å². The summed E-state index contributed by atoms with van der Waals surface area (Å²) >= 11 is 1.75. The minimum atomic E-state index is 1.10. The second-order valence-corrected chi connectivity index (χ2v) is 4.69. The third-order valence-corrected chi connectivity index (χ3v) is 3.57. The standard InChI is InChI=1S/C12H14N2S/c1-8-9(2)15-12(14-8)10-4-6-11(13-3)7-5-10/h4-7,13H,1-3H3. The van der Waals surface area contributed by atoms with Crippen LogP contribution in [0.15, 0.2) is 24.3 Å². The Balaban J connectivity index is 2.37. The number of hydrogen-bond acceptors (Lipinski definition) is 3. The molecule has 0 aliphatic heterocycles. The van der Waals surface area contributed by atoms with Crippen molar-refractivity contribution in [3.63, 3.8) is 0 Å². The zero-order valence-electron chi connectivity index (χ0n) is 9.16. The van der Waals surface area contributed by atoms with Gasteiger partial charge in [0.25, 0.3) is 0 Å². The monoisotopic (exact) mass is 218 g/mol. The largest absolute Gasteiger partial charge is 0.388 e. The van der Waals surface area contributed by atoms with E-state index in [-0.39, 0.29) is 0 Å². The van der Waals surface area contributed by atoms with Gasteiger partial charge in [-0.1, -0.05) is 0 Å². The summed E-state index contributed by atoms with van der Waals surface area (Å²) in [5.74, 6) is 0. The van der Waals surface area contributed by atoms with Gasteiger partial charge in [0.2, 0.25) is 0 Å². The smallest absolute Gasteiger partial charge is 0.123 e. The molecule has 1 N–H and O–H groups in total. The second kappa shape index (κ2) is 4.03. The molecule has 0 amide bonds. The lowest BCUT2D eigenvalue weighted by atomic mass is 10.2. The molecule has 78 valence electrons. The van der Waals surface area contributed by atoms with Gasteiger partial charge in [0, 0.05) is 23.2 Å². The Morgan fingerprint density at radius 1 is 1.13 bits per heavy atom. The number of aryl methyl sites for hydroxylation is 2. The van der Waals surface area contributed by atoms with Crippen molar-refractivity contribution in [2.75, 3.05) is 12.4 Å². The summed E-state index contributed by atoms with van der Waals surface area (Å²) in [4.78, 5) is 5.83. The Morgan fingerprint density at radius 3 is 2.27 bits per heavy atom. The fourth-order valence-corrected chi connectivity index (χ4v) is 2.30. The first kappa shape index (κ1) is 10.2. The lowest BCUT2D eigenvalue weighted by Crippen LogP contribution is -1.86. The Bertz CT molecular complexity index is 437. The summed E-state index contributed by atoms with van der Waals surface area (Å²) in [7, 11) is 1.92. The highest BCUT2D eigenvalue weighted by molar-refractivity contribution is 7.15. The van der Waals surface area contributed by atoms with Crippen LogP contribution in [0.5, 0.6) is 0 Å². The fourth-order valence-electron chi connectivity index (χ4n) is 1.38. The zero-order chi connectivity index (χ0) is 10.8. The summed E-state index contributed by atoms with van der Waals surface area (Å²) < 4.78 is 0. The molecule has 2 nitrogen and oxygen atoms in total. The molecule has 0 bridgehead atoms. The average Bonchev–Trinajstić information content (AvgIpc) is 2.59. The molecule has 1 aromatic heterocycles. The van der Waals surface area contributed by atoms with E-state index in [1.54, 1.807) is 11.3 Å². The lowest BCUT2D eigenvalue weighted by Gasteiger charge is -2.00. The molecule has 0 spiro atoms. The van der Waals surface area contributed by atoms with Crippen LogP contribution < -0.4 is 5.32 Å². The molecule has 0 aliphatic rings. The number of hydrogen-bond donors (Lipinski definition) is 1. The van der Waals surface area contributed by atoms with Crippen LogP contribution in [0, 0.1) is 13.8 Å². The first-order valence-corrected chi connectivity index (χ1v) is 5.74. The first-order chi connectivity index (χ1) is 7.20. The van der Waals surface area contributed by atoms with Gasteiger partial charge in [0.05, 0.1) is 5.69 Å². The van der Waals surface area contributed by atoms with Gasteiger partial charge in [-0.2, -0.15) is 0 Å². The van der Waals surface area contributed by atoms with E-state index in [9.17, 15) is 0 Å². The van der Waals surface area contributed by atoms with Crippen LogP contribution in [-0.4, -0.2) is 12.0 Å². The number of aromatic nitrogens is 1. The number of thiazole rings is 1. The number of benzene rings is 1. The van der Waals surface area contributed by atoms with Crippen LogP contribution in [0.3, 0.4) is 0 Å². The SMILES string of the molecule is CNc1ccc(-c2nc(C)c(C)s2)cc1. The van der Waals surface area contributed by atoms with Gasteiger partial charge in [0.15, 0.2) is 0 Å². The summed E-state index contributed by atoms with van der Waals surface area (Å²) in [6, 6.07) is 8.34. The van der Waals surface area contributed by atoms with Gasteiger partial charge in [-0.05, 0) is 38.1 Å². The molecule has 0 saturated heterocycles. The quantitative estimate of drug-likeness (QED) is 0.835. The summed E-state index contributed by atoms with van der Waals surface area (Å²) in [6.07, 6.45) is 0. The molecule has 0 fully saturated rings. The molecular formula is C12H14N2S. The van der Waals surface area contributed by atoms with Gasteiger partial charge >= 0.3 is 0 Å². The summed E-state index contributed by atoms with van der Waals surface area (Å²) in [6.45, 7) is 4.16. The molecule has 0 aliphatic carbocycles. The highest BCUT2D eigenvalue weighted by atomic mass is 32.1. The van der Waals surface area contributed by atoms with Crippen LogP contribution >= 0.6 is 11.3 Å². The van der Waals surface area contributed by atoms with E-state index >= 15 is 0 Å². The predicted octanol–water partition coefficient (Wildman–Crippen LogP) is 3.47. The van der Waals surface area contributed by atoms with E-state index in [0.717, 1.165) is 16.4 Å². The average molecular weight is 218 g/mol. The highest BCUT2D eigenvalue weighted by Crippen LogP contribution is 2.27. The van der Waals surface area contributed by atoms with E-state index in [1.807, 2.05) is 7.05 Å². The normalized spacial score (nSPS) is 10.3. The van der Waals surface area contributed by atoms with Gasteiger partial charge in [-0.3, -0.25) is 0 Å². The third-order valence-electron chi connectivity index (χ3n) is 2.45. The summed E-state index contributed by atoms with van der Waals surface area (Å²) in [5.41, 5.74) is 3.45. The minimum Gasteiger partial charge on any atom is -0.388 e. The van der Waals surface area contributed by atoms with Crippen molar-refractivity contribution >= 4 is 17.0 Å². The van der Waals surface area contributed by atoms with Gasteiger partial charge in [0.1, 0.15) is 5.01 Å². The molecule has 15 heavy (non-hydrogen) atoms. The van der Waals surface area contributed by atoms with Crippen molar-refractivity contribution in [1.29, 1.82) is 0 Å². The van der Waals surface area contributed by atoms with E-state index in [2.05, 4.69) is 48.4 Å². The Morgan fingerprint density at radius 2 is 1.80 bits per heavy atom. The van der Waals surface area contributed by atoms with E-state index in [1.165, 1.54) is 10.4 Å². The van der Waals surface area contributed by atoms with Crippen LogP contribution in [0.25, 0.3) is 10.6 Å². The lowest BCUT2D eigenvalue weighted by molar-refractivity contribution is 1.23. The molecule has 3 heteroatoms. The van der Waals surface area contributed by atoms with E-state index in [4.69, 9.17) is 0 Å². The zero-order valence-corrected chi connectivity index (χ0v) is 9.98. The molecule has 0 radical (unpaired) electrons. The summed E-state index contributed by atoms with van der Waals surface area (Å²) in [5, 5.41) is 4.21. The predicted molar refractivity (Wildman–Crippen MR) is 66.6 cm³/mol. The number of nitrogens with zero attached hydrogens (tertiary/aromatic N) is 1. The topological polar surface area (TPSA) is 24.9 Å². The Kier molecular flexibility index (Phi) is 2.73. The van der Waals surface area contributed by atoms with Crippen molar-refractivity contribution in [1.82, 2.24) is 4.98 Å². The molecule has 0 atom stereocenters. The van der Waals surface area contributed by atoms with Crippen molar-refractivity contribution in [2.24, 2.45) is 0 Å². The second-order valence-electron chi connectivity index (χ2n) is 3.49. The van der Waals surface area contributed by atoms with Crippen molar-refractivity contribution < 1.29 is 0 Å². The molecular weight excluding hydrogens is 204 g/mol. The minimum absolute atomic E-state index is 1.10. The molecule has 0 unspecified atom stereocenters. The highest BCUT2D eigenvalue weighted by Gasteiger charge is 2.05. The maximum absolute atomic E-state index is 4.53. The van der Waals surface area contributed by atoms with Crippen LogP contribution in [0.2, 0.25) is 0 Å². The Labute approximate surface area is 94.0 Å². The molecule has 2 rings (SSSR count). The van der Waals surface area contributed by atoms with Crippen LogP contribution in [0.1, 0.15) is 10.6 Å². The molecule has 1 aromatic carbocycles. The maximum atomic E-state index is 4.53. The van der Waals surface area contributed by atoms with Gasteiger partial charge in [-0.15, -0.1) is 11.3 Å². The molecule has 2 aromatic rings. The van der Waals surface area contributed by atoms with Crippen LogP contribution in [0.4, 0.5) is 5.69 Å². The first-order valence-electron chi connectivity index (χ1n) is 4.93. The van der Waals surface area contributed by atoms with Gasteiger partial charge in [-0.25, -0.2) is 4.98 Å². The number of anilines is 1. The van der Waals surface area contributed by atoms with Gasteiger partial charge < -0.3 is 5.32 Å². The van der Waals surface area contributed by atoms with E-state index in [0.29, 0.717) is 0 Å². The Hall–Kier alpha value is -1.35. The molecule has 1 heterocycles.